The quantitative estimate of drug-likeness (QED) is 0.481. The fourth-order valence-corrected chi connectivity index (χ4v) is 2.20. The lowest BCUT2D eigenvalue weighted by Gasteiger charge is -2.14. The van der Waals surface area contributed by atoms with Crippen molar-refractivity contribution >= 4 is 16.6 Å². The van der Waals surface area contributed by atoms with Crippen LogP contribution in [0.5, 0.6) is 11.5 Å². The fourth-order valence-electron chi connectivity index (χ4n) is 2.20. The zero-order valence-corrected chi connectivity index (χ0v) is 13.5. The highest BCUT2D eigenvalue weighted by molar-refractivity contribution is 5.89. The lowest BCUT2D eigenvalue weighted by atomic mass is 10.1. The maximum Gasteiger partial charge on any atom is 0.297 e. The van der Waals surface area contributed by atoms with E-state index in [4.69, 9.17) is 9.47 Å². The van der Waals surface area contributed by atoms with Crippen LogP contribution in [0.2, 0.25) is 0 Å². The van der Waals surface area contributed by atoms with Crippen LogP contribution in [0.15, 0.2) is 34.6 Å². The van der Waals surface area contributed by atoms with Crippen molar-refractivity contribution < 1.29 is 14.4 Å². The van der Waals surface area contributed by atoms with Gasteiger partial charge in [-0.2, -0.15) is 0 Å². The lowest BCUT2D eigenvalue weighted by Crippen LogP contribution is -2.20. The number of allylic oxidation sites excluding steroid dienone is 1. The third kappa shape index (κ3) is 3.18. The molecule has 7 heteroatoms. The van der Waals surface area contributed by atoms with Crippen LogP contribution in [0.1, 0.15) is 13.8 Å². The highest BCUT2D eigenvalue weighted by atomic mass is 16.6. The summed E-state index contributed by atoms with van der Waals surface area (Å²) in [7, 11) is 2.93. The number of nitro groups is 1. The van der Waals surface area contributed by atoms with E-state index in [1.165, 1.54) is 30.9 Å². The number of pyridine rings is 1. The van der Waals surface area contributed by atoms with E-state index in [1.807, 2.05) is 19.9 Å². The number of fused-ring (bicyclic) bond motifs is 1. The summed E-state index contributed by atoms with van der Waals surface area (Å²) in [5.41, 5.74) is 0.991. The molecule has 0 bridgehead atoms. The second-order valence-electron chi connectivity index (χ2n) is 5.28. The van der Waals surface area contributed by atoms with Crippen LogP contribution in [0.4, 0.5) is 5.69 Å². The van der Waals surface area contributed by atoms with Gasteiger partial charge in [-0.15, -0.1) is 0 Å². The van der Waals surface area contributed by atoms with Crippen LogP contribution in [-0.2, 0) is 7.05 Å². The van der Waals surface area contributed by atoms with E-state index in [2.05, 4.69) is 0 Å². The van der Waals surface area contributed by atoms with Gasteiger partial charge in [0.2, 0.25) is 5.75 Å². The predicted molar refractivity (Wildman–Crippen MR) is 87.3 cm³/mol. The zero-order chi connectivity index (χ0) is 17.1. The summed E-state index contributed by atoms with van der Waals surface area (Å²) in [6.45, 7) is 4.15. The zero-order valence-electron chi connectivity index (χ0n) is 13.5. The Labute approximate surface area is 132 Å². The van der Waals surface area contributed by atoms with Gasteiger partial charge in [-0.05, 0) is 26.0 Å². The Morgan fingerprint density at radius 2 is 2.04 bits per heavy atom. The van der Waals surface area contributed by atoms with Gasteiger partial charge in [-0.1, -0.05) is 5.57 Å². The van der Waals surface area contributed by atoms with Crippen molar-refractivity contribution in [2.45, 2.75) is 13.8 Å². The van der Waals surface area contributed by atoms with Gasteiger partial charge in [0, 0.05) is 24.6 Å². The Balaban J connectivity index is 2.71. The normalized spacial score (nSPS) is 10.4. The predicted octanol–water partition coefficient (Wildman–Crippen LogP) is 2.80. The van der Waals surface area contributed by atoms with Crippen molar-refractivity contribution in [3.05, 3.63) is 50.3 Å². The average molecular weight is 318 g/mol. The second kappa shape index (κ2) is 6.51. The molecule has 0 unspecified atom stereocenters. The number of hydrogen-bond acceptors (Lipinski definition) is 5. The van der Waals surface area contributed by atoms with Crippen molar-refractivity contribution in [2.75, 3.05) is 13.7 Å². The summed E-state index contributed by atoms with van der Waals surface area (Å²) in [4.78, 5) is 22.8. The molecule has 7 nitrogen and oxygen atoms in total. The summed E-state index contributed by atoms with van der Waals surface area (Å²) in [6, 6.07) is 4.29. The topological polar surface area (TPSA) is 83.6 Å². The molecule has 122 valence electrons. The minimum atomic E-state index is -0.502. The molecule has 0 aliphatic heterocycles. The van der Waals surface area contributed by atoms with Crippen molar-refractivity contribution in [1.82, 2.24) is 4.57 Å². The number of nitro benzene ring substituents is 1. The molecule has 0 atom stereocenters. The molecule has 0 N–H and O–H groups in total. The first-order chi connectivity index (χ1) is 10.9. The van der Waals surface area contributed by atoms with Crippen LogP contribution in [0, 0.1) is 10.1 Å². The van der Waals surface area contributed by atoms with Crippen molar-refractivity contribution in [1.29, 1.82) is 0 Å². The van der Waals surface area contributed by atoms with Crippen molar-refractivity contribution in [3.63, 3.8) is 0 Å². The Kier molecular flexibility index (Phi) is 4.68. The first kappa shape index (κ1) is 16.5. The van der Waals surface area contributed by atoms with E-state index in [0.29, 0.717) is 10.9 Å². The number of aromatic nitrogens is 1. The van der Waals surface area contributed by atoms with Crippen LogP contribution < -0.4 is 15.0 Å². The van der Waals surface area contributed by atoms with Crippen LogP contribution in [-0.4, -0.2) is 23.2 Å². The number of non-ortho nitro benzene ring substituents is 1. The van der Waals surface area contributed by atoms with E-state index in [9.17, 15) is 14.9 Å². The second-order valence-corrected chi connectivity index (χ2v) is 5.28. The maximum atomic E-state index is 12.4. The molecule has 23 heavy (non-hydrogen) atoms. The van der Waals surface area contributed by atoms with Crippen LogP contribution >= 0.6 is 0 Å². The molecular weight excluding hydrogens is 300 g/mol. The molecule has 0 saturated carbocycles. The number of aryl methyl sites for hydroxylation is 1. The monoisotopic (exact) mass is 318 g/mol. The van der Waals surface area contributed by atoms with Gasteiger partial charge in [0.25, 0.3) is 11.2 Å². The van der Waals surface area contributed by atoms with Gasteiger partial charge >= 0.3 is 0 Å². The standard InChI is InChI=1S/C16H18N2O5/c1-10(2)7-8-23-14-12-6-5-11(18(20)21)9-13(12)17(3)16(19)15(14)22-4/h5-7,9H,8H2,1-4H3. The lowest BCUT2D eigenvalue weighted by molar-refractivity contribution is -0.384. The van der Waals surface area contributed by atoms with Crippen molar-refractivity contribution in [2.24, 2.45) is 7.05 Å². The molecule has 0 fully saturated rings. The molecular formula is C16H18N2O5. The number of nitrogens with zero attached hydrogens (tertiary/aromatic N) is 2. The highest BCUT2D eigenvalue weighted by Gasteiger charge is 2.19. The number of methoxy groups -OCH3 is 1. The van der Waals surface area contributed by atoms with E-state index >= 15 is 0 Å². The van der Waals surface area contributed by atoms with Crippen LogP contribution in [0.3, 0.4) is 0 Å². The Hall–Kier alpha value is -2.83. The Morgan fingerprint density at radius 1 is 1.35 bits per heavy atom. The SMILES string of the molecule is COc1c(OCC=C(C)C)c2ccc([N+](=O)[O-])cc2n(C)c1=O. The number of ether oxygens (including phenoxy) is 2. The number of rotatable bonds is 5. The Bertz CT molecular complexity index is 848. The summed E-state index contributed by atoms with van der Waals surface area (Å²) in [6.07, 6.45) is 1.87. The fraction of sp³-hybridized carbons (Fsp3) is 0.312. The van der Waals surface area contributed by atoms with E-state index in [0.717, 1.165) is 5.57 Å². The molecule has 0 spiro atoms. The molecule has 1 heterocycles. The molecule has 1 aromatic carbocycles. The summed E-state index contributed by atoms with van der Waals surface area (Å²) < 4.78 is 12.2. The molecule has 0 amide bonds. The molecule has 2 aromatic rings. The minimum Gasteiger partial charge on any atom is -0.488 e. The van der Waals surface area contributed by atoms with Gasteiger partial charge in [0.1, 0.15) is 6.61 Å². The molecule has 0 radical (unpaired) electrons. The summed E-state index contributed by atoms with van der Waals surface area (Å²) >= 11 is 0. The van der Waals surface area contributed by atoms with Gasteiger partial charge in [0.15, 0.2) is 5.75 Å². The van der Waals surface area contributed by atoms with Gasteiger partial charge in [-0.3, -0.25) is 14.9 Å². The third-order valence-electron chi connectivity index (χ3n) is 3.43. The molecule has 1 aromatic heterocycles. The summed E-state index contributed by atoms with van der Waals surface area (Å²) in [5.74, 6) is 0.369. The summed E-state index contributed by atoms with van der Waals surface area (Å²) in [5, 5.41) is 11.5. The largest absolute Gasteiger partial charge is 0.488 e. The smallest absolute Gasteiger partial charge is 0.297 e. The first-order valence-electron chi connectivity index (χ1n) is 6.98. The average Bonchev–Trinajstić information content (AvgIpc) is 2.51. The molecule has 0 aliphatic carbocycles. The van der Waals surface area contributed by atoms with Gasteiger partial charge in [0.05, 0.1) is 17.5 Å². The van der Waals surface area contributed by atoms with E-state index < -0.39 is 10.5 Å². The van der Waals surface area contributed by atoms with E-state index in [-0.39, 0.29) is 23.8 Å². The molecule has 2 rings (SSSR count). The van der Waals surface area contributed by atoms with Crippen molar-refractivity contribution in [3.8, 4) is 11.5 Å². The van der Waals surface area contributed by atoms with Gasteiger partial charge in [-0.25, -0.2) is 0 Å². The molecule has 0 aliphatic rings. The maximum absolute atomic E-state index is 12.4. The Morgan fingerprint density at radius 3 is 2.61 bits per heavy atom. The first-order valence-corrected chi connectivity index (χ1v) is 6.98. The minimum absolute atomic E-state index is 0.0796. The van der Waals surface area contributed by atoms with E-state index in [1.54, 1.807) is 6.07 Å². The third-order valence-corrected chi connectivity index (χ3v) is 3.43. The number of hydrogen-bond donors (Lipinski definition) is 0. The van der Waals surface area contributed by atoms with Gasteiger partial charge < -0.3 is 14.0 Å². The number of benzene rings is 1. The molecule has 0 saturated heterocycles. The highest BCUT2D eigenvalue weighted by Crippen LogP contribution is 2.34. The van der Waals surface area contributed by atoms with Crippen LogP contribution in [0.25, 0.3) is 10.9 Å².